The third-order valence-corrected chi connectivity index (χ3v) is 7.26. The Morgan fingerprint density at radius 1 is 1.07 bits per heavy atom. The van der Waals surface area contributed by atoms with Crippen LogP contribution < -0.4 is 4.72 Å². The molecule has 1 fully saturated rings. The Bertz CT molecular complexity index is 1170. The molecule has 7 heteroatoms. The molecule has 1 heterocycles. The van der Waals surface area contributed by atoms with Gasteiger partial charge in [0, 0.05) is 17.0 Å². The molecule has 0 spiro atoms. The lowest BCUT2D eigenvalue weighted by molar-refractivity contribution is 0.198. The van der Waals surface area contributed by atoms with E-state index in [1.807, 2.05) is 12.1 Å². The van der Waals surface area contributed by atoms with Crippen LogP contribution in [0.5, 0.6) is 0 Å². The van der Waals surface area contributed by atoms with Crippen LogP contribution in [0.25, 0.3) is 22.2 Å². The topological polar surface area (TPSA) is 88.4 Å². The summed E-state index contributed by atoms with van der Waals surface area (Å²) in [5.74, 6) is 0. The number of rotatable bonds is 4. The highest BCUT2D eigenvalue weighted by Gasteiger charge is 2.24. The highest BCUT2D eigenvalue weighted by atomic mass is 32.2. The summed E-state index contributed by atoms with van der Waals surface area (Å²) in [6.07, 6.45) is 3.81. The van der Waals surface area contributed by atoms with Gasteiger partial charge in [-0.1, -0.05) is 49.6 Å². The molecule has 0 bridgehead atoms. The van der Waals surface area contributed by atoms with Gasteiger partial charge in [0.25, 0.3) is 0 Å². The van der Waals surface area contributed by atoms with Crippen molar-refractivity contribution in [3.63, 3.8) is 0 Å². The molecule has 6 nitrogen and oxygen atoms in total. The SMILES string of the molecule is Cc1ccc(-c2cc3ccccc3n2C(=O)O)cc1S(=O)(=O)NC1CCCCC1. The number of sulfonamides is 1. The minimum Gasteiger partial charge on any atom is -0.464 e. The third kappa shape index (κ3) is 3.80. The number of hydrogen-bond acceptors (Lipinski definition) is 3. The van der Waals surface area contributed by atoms with Crippen molar-refractivity contribution in [2.24, 2.45) is 0 Å². The second-order valence-corrected chi connectivity index (χ2v) is 9.33. The fourth-order valence-corrected chi connectivity index (χ4v) is 5.70. The van der Waals surface area contributed by atoms with Gasteiger partial charge >= 0.3 is 6.09 Å². The van der Waals surface area contributed by atoms with Crippen LogP contribution in [0, 0.1) is 6.92 Å². The van der Waals surface area contributed by atoms with E-state index < -0.39 is 16.1 Å². The molecule has 4 rings (SSSR count). The normalized spacial score (nSPS) is 15.6. The molecule has 152 valence electrons. The molecule has 1 aromatic heterocycles. The highest BCUT2D eigenvalue weighted by molar-refractivity contribution is 7.89. The lowest BCUT2D eigenvalue weighted by Gasteiger charge is -2.23. The summed E-state index contributed by atoms with van der Waals surface area (Å²) in [7, 11) is -3.69. The van der Waals surface area contributed by atoms with E-state index in [2.05, 4.69) is 4.72 Å². The van der Waals surface area contributed by atoms with Gasteiger partial charge in [0.15, 0.2) is 0 Å². The number of carboxylic acid groups (broad SMARTS) is 1. The maximum absolute atomic E-state index is 13.1. The number of aromatic nitrogens is 1. The molecular formula is C22H24N2O4S. The van der Waals surface area contributed by atoms with E-state index in [0.29, 0.717) is 22.3 Å². The Labute approximate surface area is 170 Å². The second-order valence-electron chi connectivity index (χ2n) is 7.64. The summed E-state index contributed by atoms with van der Waals surface area (Å²) < 4.78 is 30.2. The van der Waals surface area contributed by atoms with E-state index in [9.17, 15) is 18.3 Å². The standard InChI is InChI=1S/C22H24N2O4S/c1-15-11-12-17(14-21(15)29(27,28)23-18-8-3-2-4-9-18)20-13-16-7-5-6-10-19(16)24(20)22(25)26/h5-7,10-14,18,23H,2-4,8-9H2,1H3,(H,25,26). The van der Waals surface area contributed by atoms with Gasteiger partial charge in [-0.25, -0.2) is 22.5 Å². The van der Waals surface area contributed by atoms with Crippen molar-refractivity contribution in [1.29, 1.82) is 0 Å². The summed E-state index contributed by atoms with van der Waals surface area (Å²) in [4.78, 5) is 12.1. The number of fused-ring (bicyclic) bond motifs is 1. The first-order chi connectivity index (χ1) is 13.9. The van der Waals surface area contributed by atoms with Gasteiger partial charge in [0.05, 0.1) is 16.1 Å². The Kier molecular flexibility index (Phi) is 5.19. The Hall–Kier alpha value is -2.64. The highest BCUT2D eigenvalue weighted by Crippen LogP contribution is 2.31. The van der Waals surface area contributed by atoms with Crippen LogP contribution in [0.1, 0.15) is 37.7 Å². The number of hydrogen-bond donors (Lipinski definition) is 2. The summed E-state index contributed by atoms with van der Waals surface area (Å²) >= 11 is 0. The molecule has 3 aromatic rings. The molecule has 1 aliphatic rings. The average molecular weight is 413 g/mol. The largest absolute Gasteiger partial charge is 0.464 e. The predicted molar refractivity (Wildman–Crippen MR) is 113 cm³/mol. The minimum atomic E-state index is -3.69. The van der Waals surface area contributed by atoms with Gasteiger partial charge in [-0.05, 0) is 43.5 Å². The first-order valence-electron chi connectivity index (χ1n) is 9.84. The second kappa shape index (κ2) is 7.65. The summed E-state index contributed by atoms with van der Waals surface area (Å²) in [6, 6.07) is 14.0. The van der Waals surface area contributed by atoms with Crippen LogP contribution in [0.4, 0.5) is 4.79 Å². The maximum atomic E-state index is 13.1. The number of nitrogens with zero attached hydrogens (tertiary/aromatic N) is 1. The van der Waals surface area contributed by atoms with Crippen LogP contribution >= 0.6 is 0 Å². The van der Waals surface area contributed by atoms with Crippen LogP contribution in [0.15, 0.2) is 53.4 Å². The monoisotopic (exact) mass is 412 g/mol. The molecule has 2 N–H and O–H groups in total. The van der Waals surface area contributed by atoms with Crippen molar-refractivity contribution in [2.75, 3.05) is 0 Å². The van der Waals surface area contributed by atoms with E-state index in [4.69, 9.17) is 0 Å². The molecule has 0 saturated heterocycles. The van der Waals surface area contributed by atoms with Crippen molar-refractivity contribution in [3.05, 3.63) is 54.1 Å². The fraction of sp³-hybridized carbons (Fsp3) is 0.318. The van der Waals surface area contributed by atoms with Crippen molar-refractivity contribution in [2.45, 2.75) is 50.0 Å². The van der Waals surface area contributed by atoms with Crippen LogP contribution in [-0.2, 0) is 10.0 Å². The third-order valence-electron chi connectivity index (χ3n) is 5.60. The number of para-hydroxylation sites is 1. The lowest BCUT2D eigenvalue weighted by Crippen LogP contribution is -2.36. The van der Waals surface area contributed by atoms with E-state index in [1.165, 1.54) is 4.57 Å². The first kappa shape index (κ1) is 19.7. The van der Waals surface area contributed by atoms with Gasteiger partial charge < -0.3 is 5.11 Å². The zero-order valence-corrected chi connectivity index (χ0v) is 17.1. The molecule has 0 atom stereocenters. The Balaban J connectivity index is 1.79. The van der Waals surface area contributed by atoms with E-state index in [0.717, 1.165) is 37.5 Å². The zero-order chi connectivity index (χ0) is 20.6. The van der Waals surface area contributed by atoms with Gasteiger partial charge in [-0.3, -0.25) is 0 Å². The zero-order valence-electron chi connectivity index (χ0n) is 16.3. The summed E-state index contributed by atoms with van der Waals surface area (Å²) in [6.45, 7) is 1.76. The number of aryl methyl sites for hydroxylation is 1. The van der Waals surface area contributed by atoms with Gasteiger partial charge in [0.1, 0.15) is 0 Å². The quantitative estimate of drug-likeness (QED) is 0.647. The molecule has 0 aliphatic heterocycles. The van der Waals surface area contributed by atoms with E-state index >= 15 is 0 Å². The molecule has 0 radical (unpaired) electrons. The minimum absolute atomic E-state index is 0.0396. The molecule has 0 unspecified atom stereocenters. The Morgan fingerprint density at radius 3 is 2.52 bits per heavy atom. The molecule has 29 heavy (non-hydrogen) atoms. The first-order valence-corrected chi connectivity index (χ1v) is 11.3. The predicted octanol–water partition coefficient (Wildman–Crippen LogP) is 4.75. The van der Waals surface area contributed by atoms with Crippen molar-refractivity contribution >= 4 is 27.0 Å². The molecule has 1 saturated carbocycles. The number of carbonyl (C=O) groups is 1. The molecule has 1 aliphatic carbocycles. The van der Waals surface area contributed by atoms with Crippen molar-refractivity contribution < 1.29 is 18.3 Å². The summed E-state index contributed by atoms with van der Waals surface area (Å²) in [5, 5.41) is 10.5. The van der Waals surface area contributed by atoms with Crippen LogP contribution in [0.2, 0.25) is 0 Å². The van der Waals surface area contributed by atoms with Gasteiger partial charge in [0.2, 0.25) is 10.0 Å². The summed E-state index contributed by atoms with van der Waals surface area (Å²) in [5.41, 5.74) is 2.21. The number of benzene rings is 2. The average Bonchev–Trinajstić information content (AvgIpc) is 3.08. The Morgan fingerprint density at radius 2 is 1.79 bits per heavy atom. The number of nitrogens with one attached hydrogen (secondary N) is 1. The molecule has 0 amide bonds. The van der Waals surface area contributed by atoms with E-state index in [-0.39, 0.29) is 10.9 Å². The van der Waals surface area contributed by atoms with Crippen LogP contribution in [-0.4, -0.2) is 30.2 Å². The van der Waals surface area contributed by atoms with E-state index in [1.54, 1.807) is 43.3 Å². The molecule has 2 aromatic carbocycles. The van der Waals surface area contributed by atoms with Crippen molar-refractivity contribution in [1.82, 2.24) is 9.29 Å². The van der Waals surface area contributed by atoms with Gasteiger partial charge in [-0.2, -0.15) is 0 Å². The van der Waals surface area contributed by atoms with Crippen LogP contribution in [0.3, 0.4) is 0 Å². The maximum Gasteiger partial charge on any atom is 0.416 e. The fourth-order valence-electron chi connectivity index (χ4n) is 4.13. The lowest BCUT2D eigenvalue weighted by atomic mass is 9.96. The smallest absolute Gasteiger partial charge is 0.416 e. The molecular weight excluding hydrogens is 388 g/mol. The van der Waals surface area contributed by atoms with Gasteiger partial charge in [-0.15, -0.1) is 0 Å². The van der Waals surface area contributed by atoms with Crippen molar-refractivity contribution in [3.8, 4) is 11.3 Å².